The van der Waals surface area contributed by atoms with E-state index in [0.29, 0.717) is 13.2 Å². The Labute approximate surface area is 105 Å². The van der Waals surface area contributed by atoms with Gasteiger partial charge < -0.3 is 14.5 Å². The summed E-state index contributed by atoms with van der Waals surface area (Å²) in [6.07, 6.45) is 0. The van der Waals surface area contributed by atoms with Crippen LogP contribution in [0.15, 0.2) is 28.0 Å². The van der Waals surface area contributed by atoms with E-state index in [1.54, 1.807) is 11.3 Å². The first-order valence-corrected chi connectivity index (χ1v) is 6.50. The molecule has 2 aromatic rings. The highest BCUT2D eigenvalue weighted by Crippen LogP contribution is 2.16. The van der Waals surface area contributed by atoms with Crippen molar-refractivity contribution < 1.29 is 9.15 Å². The van der Waals surface area contributed by atoms with Gasteiger partial charge in [0.25, 0.3) is 0 Å². The van der Waals surface area contributed by atoms with E-state index in [0.717, 1.165) is 18.1 Å². The maximum Gasteiger partial charge on any atom is 0.130 e. The molecule has 92 valence electrons. The highest BCUT2D eigenvalue weighted by molar-refractivity contribution is 7.09. The van der Waals surface area contributed by atoms with Gasteiger partial charge in [0.05, 0.1) is 13.2 Å². The molecule has 0 amide bonds. The molecule has 1 N–H and O–H groups in total. The van der Waals surface area contributed by atoms with Crippen LogP contribution in [0, 0.1) is 6.92 Å². The lowest BCUT2D eigenvalue weighted by atomic mass is 10.2. The molecule has 2 heterocycles. The van der Waals surface area contributed by atoms with Gasteiger partial charge >= 0.3 is 0 Å². The molecule has 0 spiro atoms. The quantitative estimate of drug-likeness (QED) is 0.856. The van der Waals surface area contributed by atoms with E-state index in [4.69, 9.17) is 9.15 Å². The Balaban J connectivity index is 1.84. The summed E-state index contributed by atoms with van der Waals surface area (Å²) in [7, 11) is 1.91. The predicted octanol–water partition coefficient (Wildman–Crippen LogP) is 3.09. The molecular weight excluding hydrogens is 234 g/mol. The van der Waals surface area contributed by atoms with Gasteiger partial charge in [0, 0.05) is 4.88 Å². The molecule has 17 heavy (non-hydrogen) atoms. The second-order valence-corrected chi connectivity index (χ2v) is 4.95. The van der Waals surface area contributed by atoms with Crippen LogP contribution in [0.3, 0.4) is 0 Å². The lowest BCUT2D eigenvalue weighted by Gasteiger charge is -1.99. The number of hydrogen-bond donors (Lipinski definition) is 1. The average Bonchev–Trinajstić information content (AvgIpc) is 2.91. The average molecular weight is 251 g/mol. The number of nitrogens with one attached hydrogen (secondary N) is 1. The van der Waals surface area contributed by atoms with E-state index in [2.05, 4.69) is 23.7 Å². The summed E-state index contributed by atoms with van der Waals surface area (Å²) in [5.74, 6) is 1.88. The minimum absolute atomic E-state index is 0.530. The fourth-order valence-electron chi connectivity index (χ4n) is 1.64. The Bertz CT molecular complexity index is 448. The van der Waals surface area contributed by atoms with E-state index >= 15 is 0 Å². The van der Waals surface area contributed by atoms with Crippen LogP contribution in [0.5, 0.6) is 0 Å². The topological polar surface area (TPSA) is 34.4 Å². The first-order valence-electron chi connectivity index (χ1n) is 5.62. The molecule has 0 radical (unpaired) electrons. The number of aryl methyl sites for hydroxylation is 1. The minimum Gasteiger partial charge on any atom is -0.462 e. The maximum atomic E-state index is 5.69. The van der Waals surface area contributed by atoms with Crippen molar-refractivity contribution in [2.24, 2.45) is 0 Å². The normalized spacial score (nSPS) is 10.9. The summed E-state index contributed by atoms with van der Waals surface area (Å²) in [4.78, 5) is 1.24. The minimum atomic E-state index is 0.530. The van der Waals surface area contributed by atoms with E-state index < -0.39 is 0 Å². The summed E-state index contributed by atoms with van der Waals surface area (Å²) in [5, 5.41) is 5.14. The van der Waals surface area contributed by atoms with Crippen LogP contribution in [0.1, 0.15) is 22.0 Å². The van der Waals surface area contributed by atoms with Gasteiger partial charge in [-0.05, 0) is 37.0 Å². The van der Waals surface area contributed by atoms with Gasteiger partial charge in [-0.2, -0.15) is 0 Å². The Morgan fingerprint density at radius 3 is 3.00 bits per heavy atom. The first-order chi connectivity index (χ1) is 8.29. The molecule has 0 aliphatic carbocycles. The summed E-state index contributed by atoms with van der Waals surface area (Å²) in [5.41, 5.74) is 1.18. The van der Waals surface area contributed by atoms with Gasteiger partial charge in [-0.1, -0.05) is 6.07 Å². The van der Waals surface area contributed by atoms with Crippen LogP contribution in [-0.2, 0) is 24.5 Å². The number of ether oxygens (including phenoxy) is 1. The molecule has 4 heteroatoms. The van der Waals surface area contributed by atoms with Gasteiger partial charge in [0.1, 0.15) is 18.1 Å². The molecule has 0 aromatic carbocycles. The summed E-state index contributed by atoms with van der Waals surface area (Å²) >= 11 is 1.71. The van der Waals surface area contributed by atoms with Gasteiger partial charge in [0.15, 0.2) is 0 Å². The van der Waals surface area contributed by atoms with E-state index in [1.165, 1.54) is 10.4 Å². The fourth-order valence-corrected chi connectivity index (χ4v) is 2.28. The SMILES string of the molecule is CNCc1oc(COCc2cccs2)cc1C. The molecule has 2 aromatic heterocycles. The highest BCUT2D eigenvalue weighted by atomic mass is 32.1. The number of hydrogen-bond acceptors (Lipinski definition) is 4. The van der Waals surface area contributed by atoms with E-state index in [1.807, 2.05) is 19.2 Å². The second-order valence-electron chi connectivity index (χ2n) is 3.92. The van der Waals surface area contributed by atoms with Crippen LogP contribution in [0.25, 0.3) is 0 Å². The van der Waals surface area contributed by atoms with Crippen molar-refractivity contribution in [3.63, 3.8) is 0 Å². The van der Waals surface area contributed by atoms with E-state index in [-0.39, 0.29) is 0 Å². The van der Waals surface area contributed by atoms with Crippen LogP contribution in [0.4, 0.5) is 0 Å². The monoisotopic (exact) mass is 251 g/mol. The van der Waals surface area contributed by atoms with Crippen molar-refractivity contribution in [3.05, 3.63) is 45.5 Å². The Morgan fingerprint density at radius 2 is 2.29 bits per heavy atom. The standard InChI is InChI=1S/C13H17NO2S/c1-10-6-11(16-13(10)7-14-2)8-15-9-12-4-3-5-17-12/h3-6,14H,7-9H2,1-2H3. The zero-order valence-electron chi connectivity index (χ0n) is 10.2. The lowest BCUT2D eigenvalue weighted by Crippen LogP contribution is -2.04. The van der Waals surface area contributed by atoms with Gasteiger partial charge in [0.2, 0.25) is 0 Å². The van der Waals surface area contributed by atoms with Crippen molar-refractivity contribution in [2.45, 2.75) is 26.7 Å². The zero-order chi connectivity index (χ0) is 12.1. The third-order valence-corrected chi connectivity index (χ3v) is 3.33. The molecular formula is C13H17NO2S. The van der Waals surface area contributed by atoms with Crippen molar-refractivity contribution >= 4 is 11.3 Å². The summed E-state index contributed by atoms with van der Waals surface area (Å²) < 4.78 is 11.3. The maximum absolute atomic E-state index is 5.69. The number of furan rings is 1. The van der Waals surface area contributed by atoms with E-state index in [9.17, 15) is 0 Å². The zero-order valence-corrected chi connectivity index (χ0v) is 11.0. The van der Waals surface area contributed by atoms with Crippen molar-refractivity contribution in [3.8, 4) is 0 Å². The predicted molar refractivity (Wildman–Crippen MR) is 69.0 cm³/mol. The summed E-state index contributed by atoms with van der Waals surface area (Å²) in [6, 6.07) is 6.15. The Morgan fingerprint density at radius 1 is 1.41 bits per heavy atom. The van der Waals surface area contributed by atoms with Gasteiger partial charge in [-0.25, -0.2) is 0 Å². The van der Waals surface area contributed by atoms with Crippen LogP contribution >= 0.6 is 11.3 Å². The Hall–Kier alpha value is -1.10. The van der Waals surface area contributed by atoms with Crippen molar-refractivity contribution in [2.75, 3.05) is 7.05 Å². The molecule has 0 saturated heterocycles. The van der Waals surface area contributed by atoms with Crippen LogP contribution in [0.2, 0.25) is 0 Å². The molecule has 3 nitrogen and oxygen atoms in total. The summed E-state index contributed by atoms with van der Waals surface area (Å²) in [6.45, 7) is 4.00. The molecule has 0 atom stereocenters. The first kappa shape index (κ1) is 12.4. The van der Waals surface area contributed by atoms with Crippen LogP contribution in [-0.4, -0.2) is 7.05 Å². The van der Waals surface area contributed by atoms with Crippen molar-refractivity contribution in [1.82, 2.24) is 5.32 Å². The Kier molecular flexibility index (Phi) is 4.36. The fraction of sp³-hybridized carbons (Fsp3) is 0.385. The molecule has 0 bridgehead atoms. The molecule has 0 unspecified atom stereocenters. The van der Waals surface area contributed by atoms with Gasteiger partial charge in [-0.3, -0.25) is 0 Å². The second kappa shape index (κ2) is 6.00. The molecule has 0 saturated carbocycles. The molecule has 0 aliphatic heterocycles. The highest BCUT2D eigenvalue weighted by Gasteiger charge is 2.06. The molecule has 0 aliphatic rings. The molecule has 2 rings (SSSR count). The van der Waals surface area contributed by atoms with Gasteiger partial charge in [-0.15, -0.1) is 11.3 Å². The third-order valence-electron chi connectivity index (χ3n) is 2.48. The number of thiophene rings is 1. The largest absolute Gasteiger partial charge is 0.462 e. The number of rotatable bonds is 6. The lowest BCUT2D eigenvalue weighted by molar-refractivity contribution is 0.0939. The van der Waals surface area contributed by atoms with Crippen LogP contribution < -0.4 is 5.32 Å². The molecule has 0 fully saturated rings. The smallest absolute Gasteiger partial charge is 0.130 e. The third kappa shape index (κ3) is 3.43. The van der Waals surface area contributed by atoms with Crippen molar-refractivity contribution in [1.29, 1.82) is 0 Å².